The van der Waals surface area contributed by atoms with Gasteiger partial charge in [0.25, 0.3) is 0 Å². The molecule has 0 bridgehead atoms. The minimum absolute atomic E-state index is 0.0326. The normalized spacial score (nSPS) is 14.1. The van der Waals surface area contributed by atoms with E-state index in [1.165, 1.54) is 0 Å². The highest BCUT2D eigenvalue weighted by Gasteiger charge is 2.25. The quantitative estimate of drug-likeness (QED) is 0.854. The van der Waals surface area contributed by atoms with Crippen LogP contribution in [0, 0.1) is 0 Å². The van der Waals surface area contributed by atoms with Gasteiger partial charge in [-0.1, -0.05) is 18.3 Å². The van der Waals surface area contributed by atoms with Gasteiger partial charge >= 0.3 is 5.69 Å². The average Bonchev–Trinajstić information content (AvgIpc) is 3.25. The van der Waals surface area contributed by atoms with Gasteiger partial charge in [0.15, 0.2) is 0 Å². The van der Waals surface area contributed by atoms with Crippen molar-refractivity contribution >= 4 is 17.2 Å². The van der Waals surface area contributed by atoms with Gasteiger partial charge in [-0.05, 0) is 30.5 Å². The number of nitrogens with two attached hydrogens (primary N) is 1. The second-order valence-electron chi connectivity index (χ2n) is 5.25. The molecule has 110 valence electrons. The number of hydrogen-bond acceptors (Lipinski definition) is 3. The molecule has 2 N–H and O–H groups in total. The van der Waals surface area contributed by atoms with E-state index in [1.54, 1.807) is 16.2 Å². The summed E-state index contributed by atoms with van der Waals surface area (Å²) >= 11 is 5.04. The van der Waals surface area contributed by atoms with Gasteiger partial charge in [0, 0.05) is 18.4 Å². The molecule has 0 aliphatic heterocycles. The van der Waals surface area contributed by atoms with Gasteiger partial charge in [-0.3, -0.25) is 9.13 Å². The Morgan fingerprint density at radius 2 is 2.19 bits per heavy atom. The molecule has 5 nitrogen and oxygen atoms in total. The summed E-state index contributed by atoms with van der Waals surface area (Å²) in [6.07, 6.45) is 5.87. The van der Waals surface area contributed by atoms with Gasteiger partial charge in [-0.15, -0.1) is 0 Å². The number of imidazole rings is 1. The summed E-state index contributed by atoms with van der Waals surface area (Å²) in [6, 6.07) is 6.01. The van der Waals surface area contributed by atoms with Crippen molar-refractivity contribution in [2.45, 2.75) is 25.4 Å². The number of nitrogens with zero attached hydrogens (tertiary/aromatic N) is 2. The minimum Gasteiger partial charge on any atom is -0.496 e. The van der Waals surface area contributed by atoms with Crippen molar-refractivity contribution in [1.29, 1.82) is 0 Å². The zero-order valence-electron chi connectivity index (χ0n) is 11.8. The summed E-state index contributed by atoms with van der Waals surface area (Å²) in [5.41, 5.74) is 7.41. The lowest BCUT2D eigenvalue weighted by Gasteiger charge is -2.10. The molecule has 1 heterocycles. The molecule has 21 heavy (non-hydrogen) atoms. The van der Waals surface area contributed by atoms with E-state index < -0.39 is 0 Å². The third kappa shape index (κ3) is 2.71. The maximum absolute atomic E-state index is 12.2. The fourth-order valence-corrected chi connectivity index (χ4v) is 2.58. The number of aromatic nitrogens is 2. The van der Waals surface area contributed by atoms with E-state index in [9.17, 15) is 4.79 Å². The Kier molecular flexibility index (Phi) is 3.55. The number of benzene rings is 1. The number of thiocarbonyl (C=S) groups is 1. The second kappa shape index (κ2) is 5.37. The third-order valence-electron chi connectivity index (χ3n) is 3.70. The van der Waals surface area contributed by atoms with Crippen LogP contribution in [0.1, 0.15) is 30.0 Å². The van der Waals surface area contributed by atoms with E-state index in [2.05, 4.69) is 0 Å². The van der Waals surface area contributed by atoms with E-state index in [-0.39, 0.29) is 10.7 Å². The molecule has 0 unspecified atom stereocenters. The van der Waals surface area contributed by atoms with Crippen LogP contribution in [0.4, 0.5) is 0 Å². The van der Waals surface area contributed by atoms with Gasteiger partial charge in [-0.2, -0.15) is 0 Å². The summed E-state index contributed by atoms with van der Waals surface area (Å²) in [5, 5.41) is 0. The zero-order valence-corrected chi connectivity index (χ0v) is 12.6. The molecular weight excluding hydrogens is 286 g/mol. The first-order chi connectivity index (χ1) is 10.1. The molecule has 1 aliphatic rings. The first-order valence-corrected chi connectivity index (χ1v) is 7.25. The molecule has 1 fully saturated rings. The predicted octanol–water partition coefficient (Wildman–Crippen LogP) is 1.68. The zero-order chi connectivity index (χ0) is 15.0. The highest BCUT2D eigenvalue weighted by Crippen LogP contribution is 2.33. The van der Waals surface area contributed by atoms with Crippen LogP contribution in [0.25, 0.3) is 0 Å². The highest BCUT2D eigenvalue weighted by atomic mass is 32.1. The van der Waals surface area contributed by atoms with Gasteiger partial charge in [-0.25, -0.2) is 4.79 Å². The van der Waals surface area contributed by atoms with Crippen LogP contribution < -0.4 is 16.2 Å². The summed E-state index contributed by atoms with van der Waals surface area (Å²) in [5.74, 6) is 0.647. The fourth-order valence-electron chi connectivity index (χ4n) is 2.42. The second-order valence-corrected chi connectivity index (χ2v) is 5.69. The van der Waals surface area contributed by atoms with Crippen LogP contribution in [0.5, 0.6) is 5.75 Å². The molecule has 0 amide bonds. The van der Waals surface area contributed by atoms with Gasteiger partial charge < -0.3 is 10.5 Å². The molecule has 2 aromatic rings. The molecule has 0 spiro atoms. The molecule has 1 aliphatic carbocycles. The van der Waals surface area contributed by atoms with Gasteiger partial charge in [0.05, 0.1) is 19.2 Å². The van der Waals surface area contributed by atoms with Crippen LogP contribution >= 0.6 is 12.2 Å². The first kappa shape index (κ1) is 13.9. The Morgan fingerprint density at radius 3 is 2.81 bits per heavy atom. The summed E-state index contributed by atoms with van der Waals surface area (Å²) in [6.45, 7) is 0.498. The monoisotopic (exact) mass is 303 g/mol. The SMILES string of the molecule is COc1ccc(Cn2ccn(C3CC3)c2=O)cc1C(N)=S. The average molecular weight is 303 g/mol. The maximum atomic E-state index is 12.2. The molecular formula is C15H17N3O2S. The van der Waals surface area contributed by atoms with Crippen molar-refractivity contribution in [3.8, 4) is 5.75 Å². The Labute approximate surface area is 127 Å². The van der Waals surface area contributed by atoms with E-state index in [1.807, 2.05) is 30.6 Å². The summed E-state index contributed by atoms with van der Waals surface area (Å²) < 4.78 is 8.74. The molecule has 1 aromatic carbocycles. The molecule has 0 saturated heterocycles. The maximum Gasteiger partial charge on any atom is 0.328 e. The topological polar surface area (TPSA) is 62.2 Å². The Balaban J connectivity index is 1.89. The van der Waals surface area contributed by atoms with Crippen LogP contribution in [0.2, 0.25) is 0 Å². The predicted molar refractivity (Wildman–Crippen MR) is 84.9 cm³/mol. The molecule has 3 rings (SSSR count). The Morgan fingerprint density at radius 1 is 1.43 bits per heavy atom. The molecule has 0 radical (unpaired) electrons. The number of methoxy groups -OCH3 is 1. The van der Waals surface area contributed by atoms with Crippen molar-refractivity contribution in [2.75, 3.05) is 7.11 Å². The number of ether oxygens (including phenoxy) is 1. The first-order valence-electron chi connectivity index (χ1n) is 6.84. The van der Waals surface area contributed by atoms with E-state index in [0.717, 1.165) is 18.4 Å². The molecule has 0 atom stereocenters. The lowest BCUT2D eigenvalue weighted by Crippen LogP contribution is -2.24. The van der Waals surface area contributed by atoms with Crippen molar-refractivity contribution in [1.82, 2.24) is 9.13 Å². The standard InChI is InChI=1S/C15H17N3O2S/c1-20-13-5-2-10(8-12(13)14(16)21)9-17-6-7-18(15(17)19)11-3-4-11/h2,5-8,11H,3-4,9H2,1H3,(H2,16,21). The number of rotatable bonds is 5. The van der Waals surface area contributed by atoms with Gasteiger partial charge in [0.1, 0.15) is 10.7 Å². The van der Waals surface area contributed by atoms with Crippen molar-refractivity contribution in [3.63, 3.8) is 0 Å². The van der Waals surface area contributed by atoms with Crippen LogP contribution in [0.3, 0.4) is 0 Å². The van der Waals surface area contributed by atoms with Crippen LogP contribution in [-0.4, -0.2) is 21.2 Å². The lowest BCUT2D eigenvalue weighted by atomic mass is 10.1. The summed E-state index contributed by atoms with van der Waals surface area (Å²) in [7, 11) is 1.58. The van der Waals surface area contributed by atoms with Gasteiger partial charge in [0.2, 0.25) is 0 Å². The molecule has 1 aromatic heterocycles. The van der Waals surface area contributed by atoms with Crippen molar-refractivity contribution < 1.29 is 4.74 Å². The largest absolute Gasteiger partial charge is 0.496 e. The van der Waals surface area contributed by atoms with Crippen LogP contribution in [0.15, 0.2) is 35.4 Å². The summed E-state index contributed by atoms with van der Waals surface area (Å²) in [4.78, 5) is 12.5. The van der Waals surface area contributed by atoms with Crippen molar-refractivity contribution in [3.05, 3.63) is 52.2 Å². The molecule has 1 saturated carbocycles. The Hall–Kier alpha value is -2.08. The minimum atomic E-state index is 0.0326. The highest BCUT2D eigenvalue weighted by molar-refractivity contribution is 7.80. The third-order valence-corrected chi connectivity index (χ3v) is 3.92. The van der Waals surface area contributed by atoms with Crippen LogP contribution in [-0.2, 0) is 6.54 Å². The fraction of sp³-hybridized carbons (Fsp3) is 0.333. The van der Waals surface area contributed by atoms with E-state index in [4.69, 9.17) is 22.7 Å². The van der Waals surface area contributed by atoms with E-state index >= 15 is 0 Å². The van der Waals surface area contributed by atoms with E-state index in [0.29, 0.717) is 23.9 Å². The molecule has 6 heteroatoms. The lowest BCUT2D eigenvalue weighted by molar-refractivity contribution is 0.414. The smallest absolute Gasteiger partial charge is 0.328 e. The number of hydrogen-bond donors (Lipinski definition) is 1. The van der Waals surface area contributed by atoms with Crippen molar-refractivity contribution in [2.24, 2.45) is 5.73 Å². The Bertz CT molecular complexity index is 744.